The Morgan fingerprint density at radius 3 is 2.37 bits per heavy atom. The van der Waals surface area contributed by atoms with Crippen molar-refractivity contribution in [3.8, 4) is 28.6 Å². The summed E-state index contributed by atoms with van der Waals surface area (Å²) in [6.07, 6.45) is 0.164. The fourth-order valence-electron chi connectivity index (χ4n) is 4.58. The number of rotatable bonds is 10. The highest BCUT2D eigenvalue weighted by molar-refractivity contribution is 5.85. The molecule has 0 fully saturated rings. The number of carbonyl (C=O) groups is 1. The second-order valence-corrected chi connectivity index (χ2v) is 9.99. The molecule has 0 radical (unpaired) electrons. The van der Waals surface area contributed by atoms with Crippen LogP contribution in [0.5, 0.6) is 17.2 Å². The van der Waals surface area contributed by atoms with Crippen molar-refractivity contribution in [2.24, 2.45) is 5.10 Å². The van der Waals surface area contributed by atoms with Gasteiger partial charge in [0.05, 0.1) is 43.4 Å². The molecule has 0 saturated heterocycles. The number of aromatic nitrogens is 2. The number of benzene rings is 3. The number of methoxy groups -OCH3 is 3. The summed E-state index contributed by atoms with van der Waals surface area (Å²) in [5, 5.41) is 16.8. The van der Waals surface area contributed by atoms with Gasteiger partial charge < -0.3 is 18.9 Å². The topological polar surface area (TPSA) is 144 Å². The van der Waals surface area contributed by atoms with Crippen LogP contribution in [0.3, 0.4) is 0 Å². The van der Waals surface area contributed by atoms with Crippen LogP contribution in [0.2, 0.25) is 0 Å². The van der Waals surface area contributed by atoms with Gasteiger partial charge in [0, 0.05) is 17.2 Å². The third kappa shape index (κ3) is 6.17. The number of nitrogens with zero attached hydrogens (tertiary/aromatic N) is 4. The Morgan fingerprint density at radius 1 is 1.05 bits per heavy atom. The number of nitro groups is 1. The van der Waals surface area contributed by atoms with Crippen LogP contribution in [0.15, 0.2) is 58.4 Å². The average Bonchev–Trinajstić information content (AvgIpc) is 2.99. The van der Waals surface area contributed by atoms with Crippen molar-refractivity contribution in [2.45, 2.75) is 39.7 Å². The Bertz CT molecular complexity index is 1800. The molecule has 0 spiro atoms. The zero-order valence-electron chi connectivity index (χ0n) is 24.9. The molecule has 1 atom stereocenters. The molecule has 0 aliphatic rings. The van der Waals surface area contributed by atoms with Crippen molar-refractivity contribution in [1.29, 1.82) is 0 Å². The second kappa shape index (κ2) is 12.7. The van der Waals surface area contributed by atoms with Crippen LogP contribution in [-0.4, -0.2) is 54.2 Å². The third-order valence-corrected chi connectivity index (χ3v) is 6.82. The Hall–Kier alpha value is -5.26. The van der Waals surface area contributed by atoms with Crippen molar-refractivity contribution in [3.05, 3.63) is 85.7 Å². The summed E-state index contributed by atoms with van der Waals surface area (Å²) in [4.78, 5) is 41.8. The minimum absolute atomic E-state index is 0.0109. The first-order chi connectivity index (χ1) is 20.5. The minimum Gasteiger partial charge on any atom is -0.496 e. The van der Waals surface area contributed by atoms with Gasteiger partial charge in [-0.2, -0.15) is 9.78 Å². The summed E-state index contributed by atoms with van der Waals surface area (Å²) in [5.74, 6) is 0.153. The van der Waals surface area contributed by atoms with Crippen LogP contribution in [0.1, 0.15) is 43.4 Å². The summed E-state index contributed by atoms with van der Waals surface area (Å²) >= 11 is 0. The van der Waals surface area contributed by atoms with Gasteiger partial charge >= 0.3 is 11.7 Å². The Morgan fingerprint density at radius 2 is 1.74 bits per heavy atom. The largest absolute Gasteiger partial charge is 0.496 e. The molecule has 3 aromatic carbocycles. The lowest BCUT2D eigenvalue weighted by atomic mass is 9.96. The molecule has 0 amide bonds. The fraction of sp³-hybridized carbons (Fsp3) is 0.290. The average molecular weight is 589 g/mol. The number of esters is 1. The quantitative estimate of drug-likeness (QED) is 0.105. The first kappa shape index (κ1) is 30.7. The summed E-state index contributed by atoms with van der Waals surface area (Å²) in [7, 11) is 4.10. The second-order valence-electron chi connectivity index (χ2n) is 9.99. The van der Waals surface area contributed by atoms with Gasteiger partial charge in [-0.25, -0.2) is 9.78 Å². The van der Waals surface area contributed by atoms with Crippen LogP contribution >= 0.6 is 0 Å². The van der Waals surface area contributed by atoms with Gasteiger partial charge in [-0.1, -0.05) is 26.0 Å². The highest BCUT2D eigenvalue weighted by Gasteiger charge is 2.27. The Kier molecular flexibility index (Phi) is 9.08. The summed E-state index contributed by atoms with van der Waals surface area (Å²) in [6, 6.07) is 13.4. The number of nitro benzene ring substituents is 1. The SMILES string of the molecule is COC(=O)[C@@H](C)Oc1c(OC)cc(C=Nn2c(-c3cc(C(C)C)c(OC)cc3C)nc3ccccc3c2=O)cc1[N+](=O)[O-]. The van der Waals surface area contributed by atoms with E-state index in [1.807, 2.05) is 32.9 Å². The number of aryl methyl sites for hydroxylation is 1. The molecule has 1 heterocycles. The maximum Gasteiger partial charge on any atom is 0.346 e. The lowest BCUT2D eigenvalue weighted by Crippen LogP contribution is -2.25. The molecular formula is C31H32N4O8. The van der Waals surface area contributed by atoms with Crippen molar-refractivity contribution in [1.82, 2.24) is 9.66 Å². The molecule has 12 nitrogen and oxygen atoms in total. The number of ether oxygens (including phenoxy) is 4. The molecule has 0 N–H and O–H groups in total. The molecule has 43 heavy (non-hydrogen) atoms. The molecule has 4 aromatic rings. The van der Waals surface area contributed by atoms with Gasteiger partial charge in [-0.15, -0.1) is 0 Å². The van der Waals surface area contributed by atoms with E-state index in [1.165, 1.54) is 44.2 Å². The van der Waals surface area contributed by atoms with Crippen molar-refractivity contribution in [2.75, 3.05) is 21.3 Å². The van der Waals surface area contributed by atoms with Gasteiger partial charge in [0.15, 0.2) is 17.7 Å². The fourth-order valence-corrected chi connectivity index (χ4v) is 4.58. The third-order valence-electron chi connectivity index (χ3n) is 6.82. The maximum atomic E-state index is 13.8. The number of fused-ring (bicyclic) bond motifs is 1. The van der Waals surface area contributed by atoms with E-state index in [1.54, 1.807) is 31.4 Å². The molecule has 12 heteroatoms. The monoisotopic (exact) mass is 588 g/mol. The van der Waals surface area contributed by atoms with Crippen molar-refractivity contribution >= 4 is 28.8 Å². The van der Waals surface area contributed by atoms with Crippen LogP contribution in [-0.2, 0) is 9.53 Å². The molecule has 1 aromatic heterocycles. The zero-order chi connectivity index (χ0) is 31.4. The maximum absolute atomic E-state index is 13.8. The lowest BCUT2D eigenvalue weighted by Gasteiger charge is -2.17. The normalized spacial score (nSPS) is 12.0. The molecule has 0 saturated carbocycles. The molecule has 4 rings (SSSR count). The minimum atomic E-state index is -1.13. The number of carbonyl (C=O) groups excluding carboxylic acids is 1. The highest BCUT2D eigenvalue weighted by Crippen LogP contribution is 2.39. The molecule has 224 valence electrons. The van der Waals surface area contributed by atoms with E-state index in [-0.39, 0.29) is 28.8 Å². The Labute approximate surface area is 247 Å². The smallest absolute Gasteiger partial charge is 0.346 e. The summed E-state index contributed by atoms with van der Waals surface area (Å²) in [6.45, 7) is 7.36. The van der Waals surface area contributed by atoms with Crippen LogP contribution in [0.25, 0.3) is 22.3 Å². The molecule has 0 bridgehead atoms. The van der Waals surface area contributed by atoms with E-state index in [0.717, 1.165) is 16.9 Å². The summed E-state index contributed by atoms with van der Waals surface area (Å²) in [5.41, 5.74) is 2.26. The number of hydrogen-bond acceptors (Lipinski definition) is 10. The van der Waals surface area contributed by atoms with E-state index in [4.69, 9.17) is 19.2 Å². The van der Waals surface area contributed by atoms with E-state index in [2.05, 4.69) is 9.84 Å². The van der Waals surface area contributed by atoms with Gasteiger partial charge in [0.2, 0.25) is 5.75 Å². The molecular weight excluding hydrogens is 556 g/mol. The van der Waals surface area contributed by atoms with Crippen LogP contribution in [0, 0.1) is 17.0 Å². The van der Waals surface area contributed by atoms with Crippen LogP contribution < -0.4 is 19.8 Å². The van der Waals surface area contributed by atoms with Crippen molar-refractivity contribution < 1.29 is 28.7 Å². The predicted octanol–water partition coefficient (Wildman–Crippen LogP) is 5.24. The van der Waals surface area contributed by atoms with Crippen molar-refractivity contribution in [3.63, 3.8) is 0 Å². The number of hydrogen-bond donors (Lipinski definition) is 0. The first-order valence-electron chi connectivity index (χ1n) is 13.4. The lowest BCUT2D eigenvalue weighted by molar-refractivity contribution is -0.386. The molecule has 0 unspecified atom stereocenters. The first-order valence-corrected chi connectivity index (χ1v) is 13.4. The van der Waals surface area contributed by atoms with Gasteiger partial charge in [0.25, 0.3) is 5.56 Å². The van der Waals surface area contributed by atoms with E-state index >= 15 is 0 Å². The van der Waals surface area contributed by atoms with Crippen LogP contribution in [0.4, 0.5) is 5.69 Å². The highest BCUT2D eigenvalue weighted by atomic mass is 16.6. The van der Waals surface area contributed by atoms with Gasteiger partial charge in [-0.3, -0.25) is 14.9 Å². The predicted molar refractivity (Wildman–Crippen MR) is 162 cm³/mol. The van der Waals surface area contributed by atoms with E-state index in [9.17, 15) is 19.7 Å². The molecule has 0 aliphatic heterocycles. The number of para-hydroxylation sites is 1. The zero-order valence-corrected chi connectivity index (χ0v) is 24.9. The van der Waals surface area contributed by atoms with Gasteiger partial charge in [-0.05, 0) is 61.2 Å². The summed E-state index contributed by atoms with van der Waals surface area (Å²) < 4.78 is 22.3. The molecule has 0 aliphatic carbocycles. The van der Waals surface area contributed by atoms with E-state index < -0.39 is 28.2 Å². The standard InChI is InChI=1S/C31H32N4O8/c1-17(2)22-15-23(18(3)12-26(22)40-5)29-33-24-11-9-8-10-21(24)30(36)34(29)32-16-20-13-25(35(38)39)28(27(14-20)41-6)43-19(4)31(37)42-7/h8-17,19H,1-7H3/t19-/m1/s1. The Balaban J connectivity index is 1.92. The van der Waals surface area contributed by atoms with E-state index in [0.29, 0.717) is 16.5 Å². The van der Waals surface area contributed by atoms with Gasteiger partial charge in [0.1, 0.15) is 5.75 Å².